The maximum atomic E-state index is 3.81. The van der Waals surface area contributed by atoms with E-state index in [4.69, 9.17) is 0 Å². The maximum Gasteiger partial charge on any atom is 0.00638 e. The lowest BCUT2D eigenvalue weighted by Crippen LogP contribution is -1.72. The molecule has 0 spiro atoms. The molecule has 0 saturated carbocycles. The van der Waals surface area contributed by atoms with Crippen molar-refractivity contribution >= 4 is 0 Å². The predicted molar refractivity (Wildman–Crippen MR) is 42.1 cm³/mol. The van der Waals surface area contributed by atoms with E-state index in [9.17, 15) is 0 Å². The van der Waals surface area contributed by atoms with E-state index in [-0.39, 0.29) is 0 Å². The second-order valence-electron chi connectivity index (χ2n) is 2.01. The van der Waals surface area contributed by atoms with E-state index in [1.165, 1.54) is 0 Å². The Hall–Kier alpha value is -0.700. The first-order valence-corrected chi connectivity index (χ1v) is 3.47. The van der Waals surface area contributed by atoms with Gasteiger partial charge in [0.1, 0.15) is 0 Å². The standard InChI is InChI=1S/C9H14/c1-4-6-8-9(3)7-5-2/h3-5,7H2,1-2H3. The molecule has 0 aliphatic rings. The van der Waals surface area contributed by atoms with Gasteiger partial charge in [0, 0.05) is 6.42 Å². The van der Waals surface area contributed by atoms with Crippen LogP contribution in [0.5, 0.6) is 0 Å². The Kier molecular flexibility index (Phi) is 5.01. The summed E-state index contributed by atoms with van der Waals surface area (Å²) in [5.74, 6) is 5.97. The highest BCUT2D eigenvalue weighted by Crippen LogP contribution is 1.98. The molecule has 0 N–H and O–H groups in total. The van der Waals surface area contributed by atoms with Gasteiger partial charge in [0.2, 0.25) is 0 Å². The molecule has 0 aromatic carbocycles. The van der Waals surface area contributed by atoms with Gasteiger partial charge in [-0.1, -0.05) is 38.7 Å². The van der Waals surface area contributed by atoms with Gasteiger partial charge < -0.3 is 0 Å². The topological polar surface area (TPSA) is 0 Å². The van der Waals surface area contributed by atoms with Crippen LogP contribution in [0.3, 0.4) is 0 Å². The van der Waals surface area contributed by atoms with Crippen LogP contribution in [0.1, 0.15) is 33.1 Å². The average Bonchev–Trinajstić information content (AvgIpc) is 1.85. The summed E-state index contributed by atoms with van der Waals surface area (Å²) in [4.78, 5) is 0. The summed E-state index contributed by atoms with van der Waals surface area (Å²) in [5, 5.41) is 0. The van der Waals surface area contributed by atoms with Crippen LogP contribution >= 0.6 is 0 Å². The van der Waals surface area contributed by atoms with Crippen LogP contribution in [0.15, 0.2) is 12.2 Å². The molecule has 0 aliphatic heterocycles. The molecule has 0 nitrogen and oxygen atoms in total. The van der Waals surface area contributed by atoms with Crippen molar-refractivity contribution in [2.24, 2.45) is 0 Å². The SMILES string of the molecule is C=C(C#CCC)CCC. The summed E-state index contributed by atoms with van der Waals surface area (Å²) in [7, 11) is 0. The Morgan fingerprint density at radius 3 is 2.56 bits per heavy atom. The van der Waals surface area contributed by atoms with E-state index >= 15 is 0 Å². The molecule has 0 aromatic rings. The van der Waals surface area contributed by atoms with Crippen molar-refractivity contribution in [3.8, 4) is 11.8 Å². The number of hydrogen-bond acceptors (Lipinski definition) is 0. The second-order valence-corrected chi connectivity index (χ2v) is 2.01. The summed E-state index contributed by atoms with van der Waals surface area (Å²) >= 11 is 0. The lowest BCUT2D eigenvalue weighted by Gasteiger charge is -1.88. The third kappa shape index (κ3) is 5.17. The smallest absolute Gasteiger partial charge is 0.00638 e. The molecule has 9 heavy (non-hydrogen) atoms. The average molecular weight is 122 g/mol. The normalized spacial score (nSPS) is 7.78. The molecule has 0 rings (SSSR count). The van der Waals surface area contributed by atoms with E-state index in [0.29, 0.717) is 0 Å². The predicted octanol–water partition coefficient (Wildman–Crippen LogP) is 2.76. The molecular formula is C9H14. The zero-order valence-corrected chi connectivity index (χ0v) is 6.33. The summed E-state index contributed by atoms with van der Waals surface area (Å²) in [6.07, 6.45) is 3.13. The Balaban J connectivity index is 3.49. The molecule has 0 radical (unpaired) electrons. The van der Waals surface area contributed by atoms with Gasteiger partial charge in [0.05, 0.1) is 0 Å². The summed E-state index contributed by atoms with van der Waals surface area (Å²) in [6, 6.07) is 0. The van der Waals surface area contributed by atoms with Crippen LogP contribution in [-0.4, -0.2) is 0 Å². The van der Waals surface area contributed by atoms with Gasteiger partial charge in [-0.05, 0) is 12.0 Å². The van der Waals surface area contributed by atoms with E-state index in [0.717, 1.165) is 24.8 Å². The minimum absolute atomic E-state index is 0.933. The first-order chi connectivity index (χ1) is 4.31. The molecule has 0 heteroatoms. The number of hydrogen-bond donors (Lipinski definition) is 0. The van der Waals surface area contributed by atoms with Gasteiger partial charge in [-0.25, -0.2) is 0 Å². The Morgan fingerprint density at radius 2 is 2.11 bits per heavy atom. The van der Waals surface area contributed by atoms with Crippen molar-refractivity contribution < 1.29 is 0 Å². The number of rotatable bonds is 2. The molecule has 0 unspecified atom stereocenters. The van der Waals surface area contributed by atoms with Gasteiger partial charge in [0.25, 0.3) is 0 Å². The van der Waals surface area contributed by atoms with E-state index in [1.54, 1.807) is 0 Å². The highest BCUT2D eigenvalue weighted by atomic mass is 13.9. The van der Waals surface area contributed by atoms with Gasteiger partial charge in [-0.3, -0.25) is 0 Å². The Morgan fingerprint density at radius 1 is 1.44 bits per heavy atom. The van der Waals surface area contributed by atoms with Crippen LogP contribution in [0.2, 0.25) is 0 Å². The van der Waals surface area contributed by atoms with Crippen molar-refractivity contribution in [1.29, 1.82) is 0 Å². The maximum absolute atomic E-state index is 3.81. The first-order valence-electron chi connectivity index (χ1n) is 3.47. The van der Waals surface area contributed by atoms with Crippen LogP contribution in [-0.2, 0) is 0 Å². The van der Waals surface area contributed by atoms with Crippen molar-refractivity contribution in [1.82, 2.24) is 0 Å². The number of allylic oxidation sites excluding steroid dienone is 1. The monoisotopic (exact) mass is 122 g/mol. The molecule has 0 aliphatic carbocycles. The largest absolute Gasteiger partial charge is 0.0985 e. The highest BCUT2D eigenvalue weighted by molar-refractivity contribution is 5.24. The first kappa shape index (κ1) is 8.30. The van der Waals surface area contributed by atoms with Crippen molar-refractivity contribution in [2.45, 2.75) is 33.1 Å². The van der Waals surface area contributed by atoms with Gasteiger partial charge in [0.15, 0.2) is 0 Å². The fourth-order valence-corrected chi connectivity index (χ4v) is 0.578. The van der Waals surface area contributed by atoms with Gasteiger partial charge in [-0.15, -0.1) is 0 Å². The molecule has 0 atom stereocenters. The molecule has 0 saturated heterocycles. The summed E-state index contributed by atoms with van der Waals surface area (Å²) < 4.78 is 0. The molecule has 0 aromatic heterocycles. The third-order valence-electron chi connectivity index (χ3n) is 0.994. The van der Waals surface area contributed by atoms with Crippen molar-refractivity contribution in [3.05, 3.63) is 12.2 Å². The van der Waals surface area contributed by atoms with Gasteiger partial charge in [-0.2, -0.15) is 0 Å². The lowest BCUT2D eigenvalue weighted by atomic mass is 10.2. The fourth-order valence-electron chi connectivity index (χ4n) is 0.578. The summed E-state index contributed by atoms with van der Waals surface area (Å²) in [6.45, 7) is 7.99. The van der Waals surface area contributed by atoms with Crippen LogP contribution in [0, 0.1) is 11.8 Å². The molecular weight excluding hydrogens is 108 g/mol. The van der Waals surface area contributed by atoms with E-state index < -0.39 is 0 Å². The minimum Gasteiger partial charge on any atom is -0.0985 e. The van der Waals surface area contributed by atoms with E-state index in [1.807, 2.05) is 6.92 Å². The van der Waals surface area contributed by atoms with Crippen LogP contribution in [0.4, 0.5) is 0 Å². The highest BCUT2D eigenvalue weighted by Gasteiger charge is 1.82. The summed E-state index contributed by atoms with van der Waals surface area (Å²) in [5.41, 5.74) is 1.07. The second kappa shape index (κ2) is 5.44. The van der Waals surface area contributed by atoms with Crippen molar-refractivity contribution in [2.75, 3.05) is 0 Å². The van der Waals surface area contributed by atoms with Crippen molar-refractivity contribution in [3.63, 3.8) is 0 Å². The zero-order chi connectivity index (χ0) is 7.11. The van der Waals surface area contributed by atoms with Crippen LogP contribution < -0.4 is 0 Å². The quantitative estimate of drug-likeness (QED) is 0.494. The minimum atomic E-state index is 0.933. The molecule has 0 heterocycles. The van der Waals surface area contributed by atoms with Crippen LogP contribution in [0.25, 0.3) is 0 Å². The lowest BCUT2D eigenvalue weighted by molar-refractivity contribution is 0.935. The Bertz CT molecular complexity index is 132. The molecule has 0 amide bonds. The van der Waals surface area contributed by atoms with Gasteiger partial charge >= 0.3 is 0 Å². The zero-order valence-electron chi connectivity index (χ0n) is 6.33. The Labute approximate surface area is 58.0 Å². The molecule has 50 valence electrons. The van der Waals surface area contributed by atoms with E-state index in [2.05, 4.69) is 25.3 Å². The fraction of sp³-hybridized carbons (Fsp3) is 0.556. The third-order valence-corrected chi connectivity index (χ3v) is 0.994. The molecule has 0 fully saturated rings. The molecule has 0 bridgehead atoms.